The summed E-state index contributed by atoms with van der Waals surface area (Å²) in [7, 11) is 3.14. The molecule has 5 nitrogen and oxygen atoms in total. The van der Waals surface area contributed by atoms with Crippen molar-refractivity contribution in [1.82, 2.24) is 10.3 Å². The van der Waals surface area contributed by atoms with Gasteiger partial charge in [-0.3, -0.25) is 9.78 Å². The van der Waals surface area contributed by atoms with Crippen LogP contribution in [0.15, 0.2) is 60.8 Å². The Morgan fingerprint density at radius 2 is 1.74 bits per heavy atom. The van der Waals surface area contributed by atoms with Crippen LogP contribution in [-0.2, 0) is 6.54 Å². The average Bonchev–Trinajstić information content (AvgIpc) is 2.72. The van der Waals surface area contributed by atoms with Crippen LogP contribution in [0.1, 0.15) is 15.9 Å². The standard InChI is InChI=1S/C21H19FN2O3/c1-26-19-10-3-14(11-20(19)27-2)12-24-21(25)16-6-9-18(23-13-16)15-4-7-17(22)8-5-15/h3-11,13H,12H2,1-2H3,(H,24,25). The summed E-state index contributed by atoms with van der Waals surface area (Å²) in [6.07, 6.45) is 1.50. The van der Waals surface area contributed by atoms with Crippen LogP contribution >= 0.6 is 0 Å². The van der Waals surface area contributed by atoms with E-state index in [1.807, 2.05) is 12.1 Å². The fourth-order valence-electron chi connectivity index (χ4n) is 2.59. The zero-order valence-electron chi connectivity index (χ0n) is 15.0. The van der Waals surface area contributed by atoms with Crippen LogP contribution in [0.3, 0.4) is 0 Å². The average molecular weight is 366 g/mol. The first-order valence-electron chi connectivity index (χ1n) is 8.32. The van der Waals surface area contributed by atoms with Gasteiger partial charge in [0.25, 0.3) is 5.91 Å². The number of hydrogen-bond donors (Lipinski definition) is 1. The molecule has 3 aromatic rings. The maximum absolute atomic E-state index is 13.0. The molecule has 0 unspecified atom stereocenters. The van der Waals surface area contributed by atoms with Gasteiger partial charge in [-0.25, -0.2) is 4.39 Å². The second-order valence-corrected chi connectivity index (χ2v) is 5.81. The van der Waals surface area contributed by atoms with Crippen molar-refractivity contribution in [2.75, 3.05) is 14.2 Å². The predicted molar refractivity (Wildman–Crippen MR) is 100 cm³/mol. The van der Waals surface area contributed by atoms with Crippen molar-refractivity contribution in [1.29, 1.82) is 0 Å². The second kappa shape index (κ2) is 8.31. The van der Waals surface area contributed by atoms with E-state index in [1.54, 1.807) is 44.6 Å². The molecule has 1 heterocycles. The molecule has 0 bridgehead atoms. The highest BCUT2D eigenvalue weighted by Gasteiger charge is 2.09. The molecule has 27 heavy (non-hydrogen) atoms. The molecular weight excluding hydrogens is 347 g/mol. The fourth-order valence-corrected chi connectivity index (χ4v) is 2.59. The number of pyridine rings is 1. The third-order valence-corrected chi connectivity index (χ3v) is 4.07. The van der Waals surface area contributed by atoms with Gasteiger partial charge in [0, 0.05) is 18.3 Å². The minimum atomic E-state index is -0.301. The van der Waals surface area contributed by atoms with Crippen molar-refractivity contribution >= 4 is 5.91 Å². The molecule has 0 saturated heterocycles. The number of nitrogens with one attached hydrogen (secondary N) is 1. The molecule has 138 valence electrons. The lowest BCUT2D eigenvalue weighted by atomic mass is 10.1. The molecule has 0 atom stereocenters. The zero-order valence-corrected chi connectivity index (χ0v) is 15.0. The number of nitrogens with zero attached hydrogens (tertiary/aromatic N) is 1. The van der Waals surface area contributed by atoms with Gasteiger partial charge in [0.05, 0.1) is 25.5 Å². The summed E-state index contributed by atoms with van der Waals surface area (Å²) in [4.78, 5) is 16.6. The zero-order chi connectivity index (χ0) is 19.2. The van der Waals surface area contributed by atoms with Gasteiger partial charge in [0.1, 0.15) is 5.82 Å². The van der Waals surface area contributed by atoms with Gasteiger partial charge in [-0.05, 0) is 54.1 Å². The first-order valence-corrected chi connectivity index (χ1v) is 8.32. The Hall–Kier alpha value is -3.41. The van der Waals surface area contributed by atoms with E-state index in [1.165, 1.54) is 18.3 Å². The van der Waals surface area contributed by atoms with E-state index in [0.29, 0.717) is 29.3 Å². The summed E-state index contributed by atoms with van der Waals surface area (Å²) in [5.41, 5.74) is 2.79. The molecule has 1 aromatic heterocycles. The highest BCUT2D eigenvalue weighted by molar-refractivity contribution is 5.94. The third kappa shape index (κ3) is 4.41. The van der Waals surface area contributed by atoms with Gasteiger partial charge in [-0.2, -0.15) is 0 Å². The summed E-state index contributed by atoms with van der Waals surface area (Å²) < 4.78 is 23.5. The van der Waals surface area contributed by atoms with Crippen molar-refractivity contribution in [3.63, 3.8) is 0 Å². The van der Waals surface area contributed by atoms with Gasteiger partial charge in [-0.1, -0.05) is 6.07 Å². The molecule has 0 saturated carbocycles. The monoisotopic (exact) mass is 366 g/mol. The SMILES string of the molecule is COc1ccc(CNC(=O)c2ccc(-c3ccc(F)cc3)nc2)cc1OC. The number of ether oxygens (including phenoxy) is 2. The highest BCUT2D eigenvalue weighted by Crippen LogP contribution is 2.27. The molecule has 1 amide bonds. The van der Waals surface area contributed by atoms with Crippen molar-refractivity contribution in [2.45, 2.75) is 6.54 Å². The Labute approximate surface area is 156 Å². The summed E-state index contributed by atoms with van der Waals surface area (Å²) in [5, 5.41) is 2.85. The van der Waals surface area contributed by atoms with E-state index in [9.17, 15) is 9.18 Å². The van der Waals surface area contributed by atoms with Crippen LogP contribution in [-0.4, -0.2) is 25.1 Å². The topological polar surface area (TPSA) is 60.5 Å². The second-order valence-electron chi connectivity index (χ2n) is 5.81. The maximum atomic E-state index is 13.0. The number of aromatic nitrogens is 1. The van der Waals surface area contributed by atoms with Gasteiger partial charge in [0.15, 0.2) is 11.5 Å². The van der Waals surface area contributed by atoms with E-state index in [4.69, 9.17) is 9.47 Å². The summed E-state index contributed by atoms with van der Waals surface area (Å²) in [6, 6.07) is 14.9. The molecule has 0 spiro atoms. The van der Waals surface area contributed by atoms with E-state index in [-0.39, 0.29) is 11.7 Å². The number of rotatable bonds is 6. The van der Waals surface area contributed by atoms with Crippen molar-refractivity contribution in [3.05, 3.63) is 77.7 Å². The third-order valence-electron chi connectivity index (χ3n) is 4.07. The quantitative estimate of drug-likeness (QED) is 0.720. The maximum Gasteiger partial charge on any atom is 0.253 e. The fraction of sp³-hybridized carbons (Fsp3) is 0.143. The normalized spacial score (nSPS) is 10.3. The van der Waals surface area contributed by atoms with Crippen LogP contribution in [0, 0.1) is 5.82 Å². The van der Waals surface area contributed by atoms with E-state index < -0.39 is 0 Å². The summed E-state index contributed by atoms with van der Waals surface area (Å²) >= 11 is 0. The molecule has 3 rings (SSSR count). The number of halogens is 1. The van der Waals surface area contributed by atoms with Crippen molar-refractivity contribution in [2.24, 2.45) is 0 Å². The predicted octanol–water partition coefficient (Wildman–Crippen LogP) is 3.83. The number of methoxy groups -OCH3 is 2. The van der Waals surface area contributed by atoms with E-state index >= 15 is 0 Å². The minimum Gasteiger partial charge on any atom is -0.493 e. The Balaban J connectivity index is 1.65. The minimum absolute atomic E-state index is 0.233. The van der Waals surface area contributed by atoms with Crippen LogP contribution in [0.2, 0.25) is 0 Å². The number of benzene rings is 2. The molecule has 0 fully saturated rings. The smallest absolute Gasteiger partial charge is 0.253 e. The molecule has 0 aliphatic carbocycles. The highest BCUT2D eigenvalue weighted by atomic mass is 19.1. The number of carbonyl (C=O) groups is 1. The number of amides is 1. The lowest BCUT2D eigenvalue weighted by Gasteiger charge is -2.10. The van der Waals surface area contributed by atoms with Gasteiger partial charge in [0.2, 0.25) is 0 Å². The van der Waals surface area contributed by atoms with Gasteiger partial charge >= 0.3 is 0 Å². The molecule has 0 radical (unpaired) electrons. The Morgan fingerprint density at radius 3 is 2.37 bits per heavy atom. The van der Waals surface area contributed by atoms with Gasteiger partial charge < -0.3 is 14.8 Å². The van der Waals surface area contributed by atoms with Crippen molar-refractivity contribution in [3.8, 4) is 22.8 Å². The molecule has 1 N–H and O–H groups in total. The molecule has 0 aliphatic rings. The van der Waals surface area contributed by atoms with E-state index in [2.05, 4.69) is 10.3 Å². The molecule has 6 heteroatoms. The van der Waals surface area contributed by atoms with Crippen LogP contribution in [0.5, 0.6) is 11.5 Å². The van der Waals surface area contributed by atoms with Crippen LogP contribution in [0.25, 0.3) is 11.3 Å². The Morgan fingerprint density at radius 1 is 1.00 bits per heavy atom. The summed E-state index contributed by atoms with van der Waals surface area (Å²) in [6.45, 7) is 0.346. The molecular formula is C21H19FN2O3. The Kier molecular flexibility index (Phi) is 5.66. The largest absolute Gasteiger partial charge is 0.493 e. The molecule has 0 aliphatic heterocycles. The number of hydrogen-bond acceptors (Lipinski definition) is 4. The van der Waals surface area contributed by atoms with Crippen LogP contribution < -0.4 is 14.8 Å². The Bertz CT molecular complexity index is 925. The number of carbonyl (C=O) groups excluding carboxylic acids is 1. The van der Waals surface area contributed by atoms with Crippen molar-refractivity contribution < 1.29 is 18.7 Å². The summed E-state index contributed by atoms with van der Waals surface area (Å²) in [5.74, 6) is 0.704. The first kappa shape index (κ1) is 18.4. The first-order chi connectivity index (χ1) is 13.1. The van der Waals surface area contributed by atoms with E-state index in [0.717, 1.165) is 11.1 Å². The van der Waals surface area contributed by atoms with Gasteiger partial charge in [-0.15, -0.1) is 0 Å². The molecule has 2 aromatic carbocycles. The lowest BCUT2D eigenvalue weighted by molar-refractivity contribution is 0.0950. The lowest BCUT2D eigenvalue weighted by Crippen LogP contribution is -2.22. The van der Waals surface area contributed by atoms with Crippen LogP contribution in [0.4, 0.5) is 4.39 Å².